The molecule has 24 heavy (non-hydrogen) atoms. The summed E-state index contributed by atoms with van der Waals surface area (Å²) in [4.78, 5) is 25.5. The summed E-state index contributed by atoms with van der Waals surface area (Å²) in [6.07, 6.45) is 10.1. The summed E-state index contributed by atoms with van der Waals surface area (Å²) < 4.78 is 0. The van der Waals surface area contributed by atoms with Gasteiger partial charge in [-0.2, -0.15) is 0 Å². The fourth-order valence-electron chi connectivity index (χ4n) is 3.63. The third kappa shape index (κ3) is 4.12. The van der Waals surface area contributed by atoms with E-state index in [4.69, 9.17) is 5.73 Å². The van der Waals surface area contributed by atoms with E-state index >= 15 is 0 Å². The minimum Gasteiger partial charge on any atom is -0.384 e. The van der Waals surface area contributed by atoms with Crippen molar-refractivity contribution in [3.8, 4) is 0 Å². The zero-order valence-electron chi connectivity index (χ0n) is 14.4. The van der Waals surface area contributed by atoms with E-state index in [1.807, 2.05) is 4.90 Å². The molecule has 0 radical (unpaired) electrons. The molecule has 0 spiro atoms. The summed E-state index contributed by atoms with van der Waals surface area (Å²) >= 11 is 0. The molecule has 0 unspecified atom stereocenters. The Labute approximate surface area is 143 Å². The Bertz CT molecular complexity index is 615. The van der Waals surface area contributed by atoms with Gasteiger partial charge in [0.25, 0.3) is 0 Å². The average Bonchev–Trinajstić information content (AvgIpc) is 2.98. The van der Waals surface area contributed by atoms with Crippen LogP contribution in [-0.2, 0) is 11.3 Å². The highest BCUT2D eigenvalue weighted by molar-refractivity contribution is 5.93. The molecule has 1 fully saturated rings. The number of aromatic nitrogens is 2. The van der Waals surface area contributed by atoms with Crippen LogP contribution in [0.15, 0.2) is 23.9 Å². The quantitative estimate of drug-likeness (QED) is 0.914. The number of nitrogen functional groups attached to an aromatic ring is 1. The van der Waals surface area contributed by atoms with Crippen LogP contribution in [0.25, 0.3) is 0 Å². The number of amides is 1. The fourth-order valence-corrected chi connectivity index (χ4v) is 3.63. The number of rotatable bonds is 4. The number of allylic oxidation sites excluding steroid dienone is 1. The van der Waals surface area contributed by atoms with E-state index in [2.05, 4.69) is 28.0 Å². The Morgan fingerprint density at radius 1 is 1.38 bits per heavy atom. The summed E-state index contributed by atoms with van der Waals surface area (Å²) in [7, 11) is 2.11. The van der Waals surface area contributed by atoms with Gasteiger partial charge in [0.15, 0.2) is 0 Å². The second-order valence-electron chi connectivity index (χ2n) is 6.81. The Balaban J connectivity index is 1.55. The van der Waals surface area contributed by atoms with Gasteiger partial charge in [-0.25, -0.2) is 9.97 Å². The summed E-state index contributed by atoms with van der Waals surface area (Å²) in [6.45, 7) is 2.40. The van der Waals surface area contributed by atoms with Crippen LogP contribution in [0.3, 0.4) is 0 Å². The molecule has 2 N–H and O–H groups in total. The molecule has 2 aliphatic rings. The van der Waals surface area contributed by atoms with Crippen molar-refractivity contribution in [3.05, 3.63) is 29.7 Å². The van der Waals surface area contributed by atoms with Crippen LogP contribution >= 0.6 is 0 Å². The number of hydrogen-bond acceptors (Lipinski definition) is 5. The molecule has 6 nitrogen and oxygen atoms in total. The summed E-state index contributed by atoms with van der Waals surface area (Å²) in [6, 6.07) is 2.15. The van der Waals surface area contributed by atoms with E-state index in [9.17, 15) is 4.79 Å². The molecular formula is C18H27N5O. The topological polar surface area (TPSA) is 75.4 Å². The minimum absolute atomic E-state index is 0.259. The first kappa shape index (κ1) is 16.9. The van der Waals surface area contributed by atoms with Gasteiger partial charge in [0.2, 0.25) is 5.91 Å². The summed E-state index contributed by atoms with van der Waals surface area (Å²) in [5.74, 6) is 1.52. The second-order valence-corrected chi connectivity index (χ2v) is 6.81. The molecule has 1 aromatic heterocycles. The molecule has 130 valence electrons. The van der Waals surface area contributed by atoms with Crippen LogP contribution in [0.4, 0.5) is 5.82 Å². The monoisotopic (exact) mass is 329 g/mol. The van der Waals surface area contributed by atoms with Crippen molar-refractivity contribution in [1.82, 2.24) is 19.8 Å². The van der Waals surface area contributed by atoms with Crippen molar-refractivity contribution >= 4 is 11.7 Å². The fraction of sp³-hybridized carbons (Fsp3) is 0.611. The lowest BCUT2D eigenvalue weighted by molar-refractivity contribution is -0.127. The van der Waals surface area contributed by atoms with Crippen molar-refractivity contribution in [2.45, 2.75) is 51.1 Å². The lowest BCUT2D eigenvalue weighted by Crippen LogP contribution is -2.35. The van der Waals surface area contributed by atoms with Gasteiger partial charge >= 0.3 is 0 Å². The highest BCUT2D eigenvalue weighted by Gasteiger charge is 2.25. The number of nitrogens with two attached hydrogens (primary N) is 1. The molecule has 2 heterocycles. The SMILES string of the molecule is CN(Cc1nccc(N)n1)[C@H]1CCCN(C(=O)C2=CCCC2)CC1. The van der Waals surface area contributed by atoms with Gasteiger partial charge in [-0.05, 0) is 51.6 Å². The zero-order valence-corrected chi connectivity index (χ0v) is 14.4. The molecule has 6 heteroatoms. The van der Waals surface area contributed by atoms with E-state index in [1.54, 1.807) is 12.3 Å². The van der Waals surface area contributed by atoms with E-state index < -0.39 is 0 Å². The van der Waals surface area contributed by atoms with E-state index in [0.29, 0.717) is 18.4 Å². The van der Waals surface area contributed by atoms with E-state index in [0.717, 1.165) is 63.0 Å². The number of carbonyl (C=O) groups is 1. The first-order chi connectivity index (χ1) is 11.6. The summed E-state index contributed by atoms with van der Waals surface area (Å²) in [5.41, 5.74) is 6.75. The Hall–Kier alpha value is -1.95. The van der Waals surface area contributed by atoms with Crippen molar-refractivity contribution in [3.63, 3.8) is 0 Å². The standard InChI is InChI=1S/C18H27N5O/c1-22(13-17-20-10-8-16(19)21-17)15-7-4-11-23(12-9-15)18(24)14-5-2-3-6-14/h5,8,10,15H,2-4,6-7,9,11-13H2,1H3,(H2,19,20,21)/t15-/m0/s1. The first-order valence-electron chi connectivity index (χ1n) is 8.89. The summed E-state index contributed by atoms with van der Waals surface area (Å²) in [5, 5.41) is 0. The van der Waals surface area contributed by atoms with Gasteiger partial charge in [0.05, 0.1) is 6.54 Å². The molecule has 1 aliphatic heterocycles. The van der Waals surface area contributed by atoms with Gasteiger partial charge in [0, 0.05) is 30.9 Å². The molecule has 1 aliphatic carbocycles. The first-order valence-corrected chi connectivity index (χ1v) is 8.89. The predicted molar refractivity (Wildman–Crippen MR) is 94.1 cm³/mol. The molecule has 3 rings (SSSR count). The van der Waals surface area contributed by atoms with Crippen LogP contribution in [0.1, 0.15) is 44.3 Å². The third-order valence-electron chi connectivity index (χ3n) is 5.04. The van der Waals surface area contributed by atoms with Gasteiger partial charge in [0.1, 0.15) is 11.6 Å². The van der Waals surface area contributed by atoms with Gasteiger partial charge < -0.3 is 10.6 Å². The largest absolute Gasteiger partial charge is 0.384 e. The van der Waals surface area contributed by atoms with Crippen molar-refractivity contribution in [2.24, 2.45) is 0 Å². The normalized spacial score (nSPS) is 21.7. The van der Waals surface area contributed by atoms with Gasteiger partial charge in [-0.1, -0.05) is 6.08 Å². The Morgan fingerprint density at radius 3 is 3.00 bits per heavy atom. The molecule has 0 bridgehead atoms. The van der Waals surface area contributed by atoms with E-state index in [1.165, 1.54) is 0 Å². The Morgan fingerprint density at radius 2 is 2.25 bits per heavy atom. The smallest absolute Gasteiger partial charge is 0.249 e. The number of anilines is 1. The van der Waals surface area contributed by atoms with Gasteiger partial charge in [-0.15, -0.1) is 0 Å². The maximum atomic E-state index is 12.6. The molecule has 0 aromatic carbocycles. The van der Waals surface area contributed by atoms with Crippen LogP contribution in [-0.4, -0.2) is 51.9 Å². The highest BCUT2D eigenvalue weighted by Crippen LogP contribution is 2.23. The molecule has 0 saturated carbocycles. The van der Waals surface area contributed by atoms with Crippen LogP contribution in [0.2, 0.25) is 0 Å². The lowest BCUT2D eigenvalue weighted by atomic mass is 10.1. The van der Waals surface area contributed by atoms with E-state index in [-0.39, 0.29) is 5.91 Å². The molecule has 1 aromatic rings. The van der Waals surface area contributed by atoms with Crippen LogP contribution in [0, 0.1) is 0 Å². The number of carbonyl (C=O) groups excluding carboxylic acids is 1. The highest BCUT2D eigenvalue weighted by atomic mass is 16.2. The molecule has 1 amide bonds. The average molecular weight is 329 g/mol. The predicted octanol–water partition coefficient (Wildman–Crippen LogP) is 1.98. The number of hydrogen-bond donors (Lipinski definition) is 1. The van der Waals surface area contributed by atoms with Crippen LogP contribution < -0.4 is 5.73 Å². The Kier molecular flexibility index (Phi) is 5.45. The minimum atomic E-state index is 0.259. The lowest BCUT2D eigenvalue weighted by Gasteiger charge is -2.26. The maximum Gasteiger partial charge on any atom is 0.249 e. The van der Waals surface area contributed by atoms with Gasteiger partial charge in [-0.3, -0.25) is 9.69 Å². The molecule has 1 saturated heterocycles. The third-order valence-corrected chi connectivity index (χ3v) is 5.04. The zero-order chi connectivity index (χ0) is 16.9. The van der Waals surface area contributed by atoms with Crippen molar-refractivity contribution in [1.29, 1.82) is 0 Å². The molecule has 1 atom stereocenters. The number of nitrogens with zero attached hydrogens (tertiary/aromatic N) is 4. The maximum absolute atomic E-state index is 12.6. The van der Waals surface area contributed by atoms with Crippen molar-refractivity contribution < 1.29 is 4.79 Å². The van der Waals surface area contributed by atoms with Crippen LogP contribution in [0.5, 0.6) is 0 Å². The molecular weight excluding hydrogens is 302 g/mol. The second kappa shape index (κ2) is 7.75. The van der Waals surface area contributed by atoms with Crippen molar-refractivity contribution in [2.75, 3.05) is 25.9 Å². The number of likely N-dealkylation sites (tertiary alicyclic amines) is 1.